The Hall–Kier alpha value is -2.16. The molecule has 0 saturated heterocycles. The molecule has 0 saturated carbocycles. The second-order valence-corrected chi connectivity index (χ2v) is 2.96. The van der Waals surface area contributed by atoms with Crippen LogP contribution in [0.25, 0.3) is 5.43 Å². The van der Waals surface area contributed by atoms with Crippen molar-refractivity contribution in [1.82, 2.24) is 0 Å². The average molecular weight is 196 g/mol. The van der Waals surface area contributed by atoms with Gasteiger partial charge in [0.1, 0.15) is 0 Å². The SMILES string of the molecule is c1ccc(N=N[N-]c2ccccc2)cc1. The van der Waals surface area contributed by atoms with E-state index in [1.165, 1.54) is 0 Å². The lowest BCUT2D eigenvalue weighted by Crippen LogP contribution is -1.63. The van der Waals surface area contributed by atoms with Crippen molar-refractivity contribution in [1.29, 1.82) is 0 Å². The Bertz CT molecular complexity index is 423. The average Bonchev–Trinajstić information content (AvgIpc) is 2.32. The van der Waals surface area contributed by atoms with E-state index < -0.39 is 0 Å². The lowest BCUT2D eigenvalue weighted by Gasteiger charge is -2.06. The molecule has 0 unspecified atom stereocenters. The zero-order valence-electron chi connectivity index (χ0n) is 8.12. The van der Waals surface area contributed by atoms with Crippen LogP contribution in [0.4, 0.5) is 11.4 Å². The van der Waals surface area contributed by atoms with Crippen molar-refractivity contribution in [3.05, 3.63) is 66.1 Å². The van der Waals surface area contributed by atoms with Gasteiger partial charge in [-0.2, -0.15) is 0 Å². The normalized spacial score (nSPS) is 10.4. The minimum Gasteiger partial charge on any atom is -0.350 e. The minimum absolute atomic E-state index is 0.803. The van der Waals surface area contributed by atoms with Crippen molar-refractivity contribution in [2.45, 2.75) is 0 Å². The van der Waals surface area contributed by atoms with Crippen LogP contribution in [0.1, 0.15) is 0 Å². The van der Waals surface area contributed by atoms with E-state index in [9.17, 15) is 0 Å². The first-order valence-corrected chi connectivity index (χ1v) is 4.67. The fourth-order valence-electron chi connectivity index (χ4n) is 1.11. The molecule has 0 aliphatic carbocycles. The van der Waals surface area contributed by atoms with Gasteiger partial charge in [0, 0.05) is 0 Å². The predicted molar refractivity (Wildman–Crippen MR) is 60.4 cm³/mol. The van der Waals surface area contributed by atoms with Crippen LogP contribution in [0.3, 0.4) is 0 Å². The van der Waals surface area contributed by atoms with Gasteiger partial charge in [-0.15, -0.1) is 0 Å². The maximum absolute atomic E-state index is 3.96. The molecule has 2 rings (SSSR count). The number of hydrogen-bond donors (Lipinski definition) is 0. The Kier molecular flexibility index (Phi) is 3.07. The quantitative estimate of drug-likeness (QED) is 0.516. The third-order valence-electron chi connectivity index (χ3n) is 1.83. The van der Waals surface area contributed by atoms with Crippen molar-refractivity contribution in [2.24, 2.45) is 10.3 Å². The summed E-state index contributed by atoms with van der Waals surface area (Å²) in [5, 5.41) is 7.72. The number of benzene rings is 2. The molecule has 0 radical (unpaired) electrons. The summed E-state index contributed by atoms with van der Waals surface area (Å²) in [5.41, 5.74) is 5.57. The van der Waals surface area contributed by atoms with E-state index in [2.05, 4.69) is 15.8 Å². The van der Waals surface area contributed by atoms with E-state index in [1.807, 2.05) is 60.7 Å². The van der Waals surface area contributed by atoms with Crippen molar-refractivity contribution in [2.75, 3.05) is 0 Å². The van der Waals surface area contributed by atoms with Gasteiger partial charge in [0.15, 0.2) is 0 Å². The third kappa shape index (κ3) is 2.91. The highest BCUT2D eigenvalue weighted by Gasteiger charge is 1.79. The summed E-state index contributed by atoms with van der Waals surface area (Å²) in [5.74, 6) is 0. The maximum Gasteiger partial charge on any atom is -0.0254 e. The Morgan fingerprint density at radius 3 is 2.00 bits per heavy atom. The number of hydrogen-bond acceptors (Lipinski definition) is 2. The summed E-state index contributed by atoms with van der Waals surface area (Å²) in [6, 6.07) is 19.0. The van der Waals surface area contributed by atoms with E-state index in [-0.39, 0.29) is 0 Å². The minimum atomic E-state index is 0.803. The molecule has 0 aliphatic heterocycles. The van der Waals surface area contributed by atoms with Crippen molar-refractivity contribution in [3.63, 3.8) is 0 Å². The largest absolute Gasteiger partial charge is 0.350 e. The first kappa shape index (κ1) is 9.40. The zero-order valence-corrected chi connectivity index (χ0v) is 8.12. The van der Waals surface area contributed by atoms with Gasteiger partial charge in [-0.25, -0.2) is 0 Å². The summed E-state index contributed by atoms with van der Waals surface area (Å²) >= 11 is 0. The van der Waals surface area contributed by atoms with Gasteiger partial charge in [0.25, 0.3) is 0 Å². The van der Waals surface area contributed by atoms with E-state index in [4.69, 9.17) is 0 Å². The molecule has 3 heteroatoms. The molecule has 2 aromatic rings. The van der Waals surface area contributed by atoms with E-state index in [1.54, 1.807) is 0 Å². The molecule has 0 atom stereocenters. The maximum atomic E-state index is 3.96. The van der Waals surface area contributed by atoms with Gasteiger partial charge in [-0.3, -0.25) is 5.22 Å². The van der Waals surface area contributed by atoms with E-state index in [0.29, 0.717) is 0 Å². The number of nitrogens with zero attached hydrogens (tertiary/aromatic N) is 3. The zero-order chi connectivity index (χ0) is 10.3. The molecule has 0 spiro atoms. The van der Waals surface area contributed by atoms with Crippen LogP contribution in [0, 0.1) is 0 Å². The molecular formula is C12H10N3-. The smallest absolute Gasteiger partial charge is 0.0254 e. The third-order valence-corrected chi connectivity index (χ3v) is 1.83. The van der Waals surface area contributed by atoms with Crippen molar-refractivity contribution < 1.29 is 0 Å². The van der Waals surface area contributed by atoms with Crippen LogP contribution < -0.4 is 0 Å². The molecule has 0 aromatic heterocycles. The Morgan fingerprint density at radius 1 is 0.733 bits per heavy atom. The molecular weight excluding hydrogens is 186 g/mol. The van der Waals surface area contributed by atoms with Crippen LogP contribution in [0.5, 0.6) is 0 Å². The molecule has 15 heavy (non-hydrogen) atoms. The summed E-state index contributed by atoms with van der Waals surface area (Å²) in [6.07, 6.45) is 0. The second kappa shape index (κ2) is 4.91. The molecule has 74 valence electrons. The highest BCUT2D eigenvalue weighted by molar-refractivity contribution is 5.46. The fraction of sp³-hybridized carbons (Fsp3) is 0. The first-order chi connectivity index (χ1) is 7.45. The van der Waals surface area contributed by atoms with Gasteiger partial charge < -0.3 is 10.5 Å². The van der Waals surface area contributed by atoms with E-state index in [0.717, 1.165) is 11.4 Å². The fourth-order valence-corrected chi connectivity index (χ4v) is 1.11. The topological polar surface area (TPSA) is 38.8 Å². The Labute approximate surface area is 88.5 Å². The monoisotopic (exact) mass is 196 g/mol. The van der Waals surface area contributed by atoms with Crippen LogP contribution in [0.2, 0.25) is 0 Å². The van der Waals surface area contributed by atoms with Crippen molar-refractivity contribution in [3.8, 4) is 0 Å². The van der Waals surface area contributed by atoms with Gasteiger partial charge in [-0.1, -0.05) is 60.7 Å². The van der Waals surface area contributed by atoms with Gasteiger partial charge >= 0.3 is 0 Å². The lowest BCUT2D eigenvalue weighted by molar-refractivity contribution is 1.19. The second-order valence-electron chi connectivity index (χ2n) is 2.96. The van der Waals surface area contributed by atoms with Crippen LogP contribution in [-0.4, -0.2) is 0 Å². The molecule has 0 heterocycles. The van der Waals surface area contributed by atoms with Crippen molar-refractivity contribution >= 4 is 11.4 Å². The standard InChI is InChI=1S/C12H10N3/c1-3-7-11(8-4-1)13-15-14-12-9-5-2-6-10-12/h1-10H/q-1. The molecule has 0 bridgehead atoms. The molecule has 0 fully saturated rings. The van der Waals surface area contributed by atoms with E-state index >= 15 is 0 Å². The molecule has 2 aromatic carbocycles. The van der Waals surface area contributed by atoms with Crippen LogP contribution in [-0.2, 0) is 0 Å². The van der Waals surface area contributed by atoms with Crippen LogP contribution in [0.15, 0.2) is 71.0 Å². The summed E-state index contributed by atoms with van der Waals surface area (Å²) < 4.78 is 0. The first-order valence-electron chi connectivity index (χ1n) is 4.67. The summed E-state index contributed by atoms with van der Waals surface area (Å²) in [6.45, 7) is 0. The Morgan fingerprint density at radius 2 is 1.33 bits per heavy atom. The van der Waals surface area contributed by atoms with Crippen LogP contribution >= 0.6 is 0 Å². The highest BCUT2D eigenvalue weighted by Crippen LogP contribution is 2.19. The predicted octanol–water partition coefficient (Wildman–Crippen LogP) is 4.39. The van der Waals surface area contributed by atoms with Gasteiger partial charge in [0.05, 0.1) is 0 Å². The summed E-state index contributed by atoms with van der Waals surface area (Å²) in [4.78, 5) is 0. The molecule has 0 aliphatic rings. The highest BCUT2D eigenvalue weighted by atomic mass is 15.4. The summed E-state index contributed by atoms with van der Waals surface area (Å²) in [7, 11) is 0. The molecule has 0 N–H and O–H groups in total. The lowest BCUT2D eigenvalue weighted by atomic mass is 10.3. The molecule has 0 amide bonds. The number of rotatable bonds is 3. The van der Waals surface area contributed by atoms with Gasteiger partial charge in [-0.05, 0) is 11.4 Å². The molecule has 3 nitrogen and oxygen atoms in total. The Balaban J connectivity index is 1.97. The van der Waals surface area contributed by atoms with Gasteiger partial charge in [0.2, 0.25) is 0 Å².